The fourth-order valence-corrected chi connectivity index (χ4v) is 3.08. The molecule has 0 bridgehead atoms. The maximum Gasteiger partial charge on any atom is 0.273 e. The van der Waals surface area contributed by atoms with Crippen molar-refractivity contribution in [3.8, 4) is 10.8 Å². The van der Waals surface area contributed by atoms with Gasteiger partial charge in [-0.25, -0.2) is 4.98 Å². The summed E-state index contributed by atoms with van der Waals surface area (Å²) in [7, 11) is 0. The number of amides is 1. The van der Waals surface area contributed by atoms with Crippen LogP contribution in [0.4, 0.5) is 0 Å². The van der Waals surface area contributed by atoms with Gasteiger partial charge in [0.1, 0.15) is 11.5 Å². The number of nitrogens with one attached hydrogen (secondary N) is 1. The van der Waals surface area contributed by atoms with Gasteiger partial charge in [-0.05, 0) is 26.0 Å². The van der Waals surface area contributed by atoms with E-state index in [-0.39, 0.29) is 11.9 Å². The topological polar surface area (TPSA) is 58.4 Å². The predicted octanol–water partition coefficient (Wildman–Crippen LogP) is 2.15. The second-order valence-electron chi connectivity index (χ2n) is 5.00. The van der Waals surface area contributed by atoms with Gasteiger partial charge < -0.3 is 14.6 Å². The van der Waals surface area contributed by atoms with Crippen molar-refractivity contribution < 1.29 is 9.21 Å². The summed E-state index contributed by atoms with van der Waals surface area (Å²) in [6.07, 6.45) is 0. The molecule has 20 heavy (non-hydrogen) atoms. The summed E-state index contributed by atoms with van der Waals surface area (Å²) in [6, 6.07) is 3.99. The number of thiazole rings is 1. The molecule has 0 aromatic carbocycles. The Kier molecular flexibility index (Phi) is 3.58. The van der Waals surface area contributed by atoms with E-state index in [9.17, 15) is 4.79 Å². The number of furan rings is 1. The Morgan fingerprint density at radius 2 is 2.40 bits per heavy atom. The molecule has 3 rings (SSSR count). The lowest BCUT2D eigenvalue weighted by atomic mass is 10.2. The summed E-state index contributed by atoms with van der Waals surface area (Å²) in [4.78, 5) is 18.8. The van der Waals surface area contributed by atoms with Gasteiger partial charge in [-0.1, -0.05) is 0 Å². The molecule has 5 nitrogen and oxygen atoms in total. The number of hydrogen-bond acceptors (Lipinski definition) is 5. The number of aromatic nitrogens is 1. The molecule has 0 radical (unpaired) electrons. The van der Waals surface area contributed by atoms with Crippen LogP contribution in [0.15, 0.2) is 21.9 Å². The smallest absolute Gasteiger partial charge is 0.273 e. The molecule has 1 N–H and O–H groups in total. The standard InChI is InChI=1S/C14H17N3O2S/c1-9-7-15-5-6-17(9)14(18)11-8-20-13(16-11)12-4-3-10(2)19-12/h3-4,8-9,15H,5-7H2,1-2H3/t9-/m0/s1. The molecule has 1 fully saturated rings. The van der Waals surface area contributed by atoms with Gasteiger partial charge in [0.05, 0.1) is 0 Å². The van der Waals surface area contributed by atoms with E-state index in [0.717, 1.165) is 36.2 Å². The van der Waals surface area contributed by atoms with Crippen molar-refractivity contribution in [3.63, 3.8) is 0 Å². The summed E-state index contributed by atoms with van der Waals surface area (Å²) < 4.78 is 5.54. The zero-order valence-corrected chi connectivity index (χ0v) is 12.4. The number of carbonyl (C=O) groups excluding carboxylic acids is 1. The quantitative estimate of drug-likeness (QED) is 0.921. The van der Waals surface area contributed by atoms with Crippen LogP contribution in [0, 0.1) is 6.92 Å². The van der Waals surface area contributed by atoms with Gasteiger partial charge in [-0.15, -0.1) is 11.3 Å². The predicted molar refractivity (Wildman–Crippen MR) is 77.9 cm³/mol. The first kappa shape index (κ1) is 13.3. The highest BCUT2D eigenvalue weighted by atomic mass is 32.1. The lowest BCUT2D eigenvalue weighted by Gasteiger charge is -2.33. The van der Waals surface area contributed by atoms with Gasteiger partial charge in [-0.3, -0.25) is 4.79 Å². The Morgan fingerprint density at radius 3 is 3.10 bits per heavy atom. The molecule has 0 unspecified atom stereocenters. The Hall–Kier alpha value is -1.66. The maximum absolute atomic E-state index is 12.5. The molecular weight excluding hydrogens is 274 g/mol. The molecule has 6 heteroatoms. The third kappa shape index (κ3) is 2.48. The van der Waals surface area contributed by atoms with E-state index in [0.29, 0.717) is 5.69 Å². The Morgan fingerprint density at radius 1 is 1.55 bits per heavy atom. The summed E-state index contributed by atoms with van der Waals surface area (Å²) in [5, 5.41) is 5.84. The lowest BCUT2D eigenvalue weighted by Crippen LogP contribution is -2.52. The average molecular weight is 291 g/mol. The lowest BCUT2D eigenvalue weighted by molar-refractivity contribution is 0.0650. The number of piperazine rings is 1. The van der Waals surface area contributed by atoms with E-state index in [2.05, 4.69) is 10.3 Å². The summed E-state index contributed by atoms with van der Waals surface area (Å²) in [6.45, 7) is 6.34. The fraction of sp³-hybridized carbons (Fsp3) is 0.429. The normalized spacial score (nSPS) is 19.3. The monoisotopic (exact) mass is 291 g/mol. The minimum absolute atomic E-state index is 0.00442. The van der Waals surface area contributed by atoms with Crippen molar-refractivity contribution in [2.45, 2.75) is 19.9 Å². The van der Waals surface area contributed by atoms with Gasteiger partial charge in [0.2, 0.25) is 0 Å². The first-order valence-electron chi connectivity index (χ1n) is 6.69. The number of aryl methyl sites for hydroxylation is 1. The molecule has 1 aliphatic heterocycles. The van der Waals surface area contributed by atoms with Crippen LogP contribution in [0.5, 0.6) is 0 Å². The van der Waals surface area contributed by atoms with E-state index >= 15 is 0 Å². The van der Waals surface area contributed by atoms with Crippen molar-refractivity contribution in [1.29, 1.82) is 0 Å². The molecule has 1 saturated heterocycles. The van der Waals surface area contributed by atoms with Crippen LogP contribution in [0.3, 0.4) is 0 Å². The van der Waals surface area contributed by atoms with Crippen LogP contribution < -0.4 is 5.32 Å². The Bertz CT molecular complexity index is 619. The molecule has 0 spiro atoms. The fourth-order valence-electron chi connectivity index (χ4n) is 2.32. The molecule has 0 saturated carbocycles. The van der Waals surface area contributed by atoms with Crippen LogP contribution >= 0.6 is 11.3 Å². The molecular formula is C14H17N3O2S. The van der Waals surface area contributed by atoms with Crippen molar-refractivity contribution in [2.75, 3.05) is 19.6 Å². The van der Waals surface area contributed by atoms with Crippen molar-refractivity contribution in [2.24, 2.45) is 0 Å². The van der Waals surface area contributed by atoms with Crippen LogP contribution in [-0.2, 0) is 0 Å². The average Bonchev–Trinajstić information content (AvgIpc) is 3.07. The summed E-state index contributed by atoms with van der Waals surface area (Å²) >= 11 is 1.44. The van der Waals surface area contributed by atoms with Crippen LogP contribution in [0.25, 0.3) is 10.8 Å². The van der Waals surface area contributed by atoms with Gasteiger partial charge in [-0.2, -0.15) is 0 Å². The van der Waals surface area contributed by atoms with Crippen molar-refractivity contribution in [1.82, 2.24) is 15.2 Å². The van der Waals surface area contributed by atoms with Gasteiger partial charge in [0.15, 0.2) is 10.8 Å². The summed E-state index contributed by atoms with van der Waals surface area (Å²) in [5.41, 5.74) is 0.507. The second-order valence-corrected chi connectivity index (χ2v) is 5.86. The maximum atomic E-state index is 12.5. The third-order valence-electron chi connectivity index (χ3n) is 3.44. The van der Waals surface area contributed by atoms with E-state index in [1.807, 2.05) is 36.3 Å². The minimum atomic E-state index is 0.00442. The zero-order chi connectivity index (χ0) is 14.1. The summed E-state index contributed by atoms with van der Waals surface area (Å²) in [5.74, 6) is 1.57. The molecule has 1 atom stereocenters. The van der Waals surface area contributed by atoms with Crippen LogP contribution in [-0.4, -0.2) is 41.5 Å². The molecule has 2 aromatic heterocycles. The third-order valence-corrected chi connectivity index (χ3v) is 4.29. The van der Waals surface area contributed by atoms with Crippen LogP contribution in [0.2, 0.25) is 0 Å². The molecule has 1 aliphatic rings. The highest BCUT2D eigenvalue weighted by Gasteiger charge is 2.26. The largest absolute Gasteiger partial charge is 0.459 e. The van der Waals surface area contributed by atoms with E-state index in [4.69, 9.17) is 4.42 Å². The first-order valence-corrected chi connectivity index (χ1v) is 7.57. The highest BCUT2D eigenvalue weighted by Crippen LogP contribution is 2.26. The van der Waals surface area contributed by atoms with Crippen molar-refractivity contribution in [3.05, 3.63) is 29.0 Å². The van der Waals surface area contributed by atoms with Gasteiger partial charge >= 0.3 is 0 Å². The van der Waals surface area contributed by atoms with E-state index in [1.165, 1.54) is 11.3 Å². The van der Waals surface area contributed by atoms with E-state index < -0.39 is 0 Å². The minimum Gasteiger partial charge on any atom is -0.459 e. The SMILES string of the molecule is Cc1ccc(-c2nc(C(=O)N3CCNC[C@@H]3C)cs2)o1. The number of carbonyl (C=O) groups is 1. The first-order chi connectivity index (χ1) is 9.65. The second kappa shape index (κ2) is 5.38. The number of rotatable bonds is 2. The molecule has 3 heterocycles. The van der Waals surface area contributed by atoms with Crippen molar-refractivity contribution >= 4 is 17.2 Å². The zero-order valence-electron chi connectivity index (χ0n) is 11.5. The van der Waals surface area contributed by atoms with E-state index in [1.54, 1.807) is 0 Å². The number of hydrogen-bond donors (Lipinski definition) is 1. The molecule has 106 valence electrons. The van der Waals surface area contributed by atoms with Gasteiger partial charge in [0.25, 0.3) is 5.91 Å². The number of nitrogens with zero attached hydrogens (tertiary/aromatic N) is 2. The molecule has 1 amide bonds. The molecule has 2 aromatic rings. The Balaban J connectivity index is 1.81. The van der Waals surface area contributed by atoms with Crippen LogP contribution in [0.1, 0.15) is 23.2 Å². The molecule has 0 aliphatic carbocycles. The highest BCUT2D eigenvalue weighted by molar-refractivity contribution is 7.13. The Labute approximate surface area is 121 Å². The van der Waals surface area contributed by atoms with Gasteiger partial charge in [0, 0.05) is 31.1 Å².